The maximum atomic E-state index is 6.50. The average molecular weight is 413 g/mol. The van der Waals surface area contributed by atoms with Crippen LogP contribution in [0.1, 0.15) is 26.2 Å². The van der Waals surface area contributed by atoms with Crippen LogP contribution in [0.25, 0.3) is 0 Å². The minimum absolute atomic E-state index is 0.689. The van der Waals surface area contributed by atoms with Crippen LogP contribution in [-0.4, -0.2) is 50.1 Å². The molecule has 2 N–H and O–H groups in total. The van der Waals surface area contributed by atoms with Crippen LogP contribution in [0.2, 0.25) is 5.02 Å². The zero-order valence-electron chi connectivity index (χ0n) is 17.0. The lowest BCUT2D eigenvalue weighted by molar-refractivity contribution is 0.589. The molecule has 3 rings (SSSR count). The van der Waals surface area contributed by atoms with Crippen LogP contribution >= 0.6 is 11.6 Å². The molecule has 2 heterocycles. The summed E-state index contributed by atoms with van der Waals surface area (Å²) in [6.07, 6.45) is 14.3. The Kier molecular flexibility index (Phi) is 8.02. The first kappa shape index (κ1) is 21.3. The van der Waals surface area contributed by atoms with Crippen molar-refractivity contribution >= 4 is 35.4 Å². The number of aromatic nitrogens is 1. The molecule has 1 aliphatic heterocycles. The Morgan fingerprint density at radius 2 is 2.14 bits per heavy atom. The molecular formula is C22H29ClN6. The number of hydrogen-bond donors (Lipinski definition) is 2. The molecular weight excluding hydrogens is 384 g/mol. The van der Waals surface area contributed by atoms with E-state index in [0.717, 1.165) is 69.1 Å². The molecule has 1 saturated heterocycles. The molecule has 0 amide bonds. The lowest BCUT2D eigenvalue weighted by Crippen LogP contribution is -2.44. The second kappa shape index (κ2) is 10.9. The van der Waals surface area contributed by atoms with E-state index in [4.69, 9.17) is 11.6 Å². The van der Waals surface area contributed by atoms with E-state index < -0.39 is 0 Å². The third kappa shape index (κ3) is 5.78. The highest BCUT2D eigenvalue weighted by Crippen LogP contribution is 2.33. The van der Waals surface area contributed by atoms with Crippen molar-refractivity contribution in [3.05, 3.63) is 53.1 Å². The Hall–Kier alpha value is -2.44. The van der Waals surface area contributed by atoms with Gasteiger partial charge in [-0.2, -0.15) is 0 Å². The number of aliphatic imine (C=N–C) groups is 2. The second-order valence-corrected chi connectivity index (χ2v) is 7.47. The van der Waals surface area contributed by atoms with Crippen LogP contribution in [0, 0.1) is 0 Å². The zero-order chi connectivity index (χ0) is 20.5. The third-order valence-electron chi connectivity index (χ3n) is 5.00. The van der Waals surface area contributed by atoms with Gasteiger partial charge >= 0.3 is 0 Å². The van der Waals surface area contributed by atoms with Gasteiger partial charge in [0.05, 0.1) is 22.6 Å². The molecule has 0 atom stereocenters. The molecule has 0 unspecified atom stereocenters. The summed E-state index contributed by atoms with van der Waals surface area (Å²) in [5, 5.41) is 7.62. The summed E-state index contributed by atoms with van der Waals surface area (Å²) in [6, 6.07) is 0. The zero-order valence-corrected chi connectivity index (χ0v) is 17.8. The van der Waals surface area contributed by atoms with Crippen LogP contribution in [0.5, 0.6) is 0 Å². The Bertz CT molecular complexity index is 834. The Morgan fingerprint density at radius 3 is 2.90 bits per heavy atom. The van der Waals surface area contributed by atoms with Gasteiger partial charge < -0.3 is 15.5 Å². The first-order valence-corrected chi connectivity index (χ1v) is 10.5. The van der Waals surface area contributed by atoms with Gasteiger partial charge in [0, 0.05) is 63.5 Å². The van der Waals surface area contributed by atoms with Crippen molar-refractivity contribution in [1.82, 2.24) is 10.3 Å². The highest BCUT2D eigenvalue weighted by Gasteiger charge is 2.18. The van der Waals surface area contributed by atoms with Crippen molar-refractivity contribution in [2.75, 3.05) is 42.9 Å². The Balaban J connectivity index is 1.73. The summed E-state index contributed by atoms with van der Waals surface area (Å²) in [7, 11) is 0. The molecule has 1 aliphatic carbocycles. The van der Waals surface area contributed by atoms with Gasteiger partial charge in [-0.1, -0.05) is 37.1 Å². The van der Waals surface area contributed by atoms with E-state index in [1.54, 1.807) is 18.6 Å². The van der Waals surface area contributed by atoms with E-state index in [0.29, 0.717) is 5.02 Å². The molecule has 2 aliphatic rings. The maximum Gasteiger partial charge on any atom is 0.0844 e. The fourth-order valence-electron chi connectivity index (χ4n) is 3.60. The first-order chi connectivity index (χ1) is 14.2. The summed E-state index contributed by atoms with van der Waals surface area (Å²) in [4.78, 5) is 14.9. The molecule has 0 saturated carbocycles. The van der Waals surface area contributed by atoms with Crippen molar-refractivity contribution < 1.29 is 0 Å². The monoisotopic (exact) mass is 412 g/mol. The SMILES string of the molecule is C=N/C=C\N=C1CC=C(CNc2cncc(Cl)c2N2CCNCC2)C=C1CCC. The highest BCUT2D eigenvalue weighted by molar-refractivity contribution is 6.33. The van der Waals surface area contributed by atoms with Gasteiger partial charge in [0.15, 0.2) is 0 Å². The predicted molar refractivity (Wildman–Crippen MR) is 125 cm³/mol. The number of rotatable bonds is 8. The summed E-state index contributed by atoms with van der Waals surface area (Å²) < 4.78 is 0. The number of pyridine rings is 1. The molecule has 0 spiro atoms. The Morgan fingerprint density at radius 1 is 1.31 bits per heavy atom. The molecule has 1 fully saturated rings. The molecule has 1 aromatic heterocycles. The maximum absolute atomic E-state index is 6.50. The number of anilines is 2. The Labute approximate surface area is 178 Å². The minimum Gasteiger partial charge on any atom is -0.378 e. The molecule has 7 heteroatoms. The summed E-state index contributed by atoms with van der Waals surface area (Å²) in [5.41, 5.74) is 5.66. The van der Waals surface area contributed by atoms with Gasteiger partial charge in [0.2, 0.25) is 0 Å². The number of hydrogen-bond acceptors (Lipinski definition) is 6. The smallest absolute Gasteiger partial charge is 0.0844 e. The molecule has 0 bridgehead atoms. The number of piperazine rings is 1. The molecule has 0 aromatic carbocycles. The molecule has 29 heavy (non-hydrogen) atoms. The van der Waals surface area contributed by atoms with Gasteiger partial charge in [-0.25, -0.2) is 0 Å². The summed E-state index contributed by atoms with van der Waals surface area (Å²) >= 11 is 6.50. The van der Waals surface area contributed by atoms with E-state index in [1.165, 1.54) is 11.1 Å². The minimum atomic E-state index is 0.689. The standard InChI is InChI=1S/C22H29ClN6/c1-3-4-18-13-17(5-6-20(18)27-8-7-24-2)14-28-21-16-26-15-19(23)22(21)29-11-9-25-10-12-29/h5,7-8,13,15-16,25,28H,2-4,6,9-12,14H2,1H3/b8-7-,27-20?. The third-order valence-corrected chi connectivity index (χ3v) is 5.28. The lowest BCUT2D eigenvalue weighted by Gasteiger charge is -2.31. The van der Waals surface area contributed by atoms with Gasteiger partial charge in [-0.05, 0) is 24.3 Å². The van der Waals surface area contributed by atoms with E-state index in [1.807, 2.05) is 6.20 Å². The second-order valence-electron chi connectivity index (χ2n) is 7.07. The average Bonchev–Trinajstić information content (AvgIpc) is 2.74. The fraction of sp³-hybridized carbons (Fsp3) is 0.409. The number of nitrogens with one attached hydrogen (secondary N) is 2. The number of nitrogens with zero attached hydrogens (tertiary/aromatic N) is 4. The summed E-state index contributed by atoms with van der Waals surface area (Å²) in [6.45, 7) is 10.2. The lowest BCUT2D eigenvalue weighted by atomic mass is 9.94. The van der Waals surface area contributed by atoms with Gasteiger partial charge in [-0.3, -0.25) is 15.0 Å². The van der Waals surface area contributed by atoms with Gasteiger partial charge in [0.1, 0.15) is 0 Å². The van der Waals surface area contributed by atoms with Crippen LogP contribution in [0.3, 0.4) is 0 Å². The van der Waals surface area contributed by atoms with Crippen LogP contribution in [0.15, 0.2) is 58.1 Å². The van der Waals surface area contributed by atoms with E-state index in [-0.39, 0.29) is 0 Å². The van der Waals surface area contributed by atoms with Crippen LogP contribution < -0.4 is 15.5 Å². The van der Waals surface area contributed by atoms with Gasteiger partial charge in [-0.15, -0.1) is 0 Å². The van der Waals surface area contributed by atoms with Crippen LogP contribution in [-0.2, 0) is 0 Å². The number of halogens is 1. The molecule has 154 valence electrons. The number of allylic oxidation sites excluding steroid dienone is 2. The molecule has 6 nitrogen and oxygen atoms in total. The molecule has 0 radical (unpaired) electrons. The van der Waals surface area contributed by atoms with Crippen molar-refractivity contribution in [2.45, 2.75) is 26.2 Å². The van der Waals surface area contributed by atoms with E-state index in [2.05, 4.69) is 56.3 Å². The predicted octanol–water partition coefficient (Wildman–Crippen LogP) is 4.23. The van der Waals surface area contributed by atoms with E-state index >= 15 is 0 Å². The normalized spacial score (nSPS) is 18.7. The van der Waals surface area contributed by atoms with Crippen LogP contribution in [0.4, 0.5) is 11.4 Å². The first-order valence-electron chi connectivity index (χ1n) is 10.1. The summed E-state index contributed by atoms with van der Waals surface area (Å²) in [5.74, 6) is 0. The van der Waals surface area contributed by atoms with Crippen molar-refractivity contribution in [3.63, 3.8) is 0 Å². The van der Waals surface area contributed by atoms with Crippen molar-refractivity contribution in [2.24, 2.45) is 9.98 Å². The fourth-order valence-corrected chi connectivity index (χ4v) is 3.88. The highest BCUT2D eigenvalue weighted by atomic mass is 35.5. The van der Waals surface area contributed by atoms with Gasteiger partial charge in [0.25, 0.3) is 0 Å². The quantitative estimate of drug-likeness (QED) is 0.627. The topological polar surface area (TPSA) is 64.9 Å². The van der Waals surface area contributed by atoms with E-state index in [9.17, 15) is 0 Å². The van der Waals surface area contributed by atoms with Crippen molar-refractivity contribution in [1.29, 1.82) is 0 Å². The van der Waals surface area contributed by atoms with Crippen molar-refractivity contribution in [3.8, 4) is 0 Å². The molecule has 1 aromatic rings. The largest absolute Gasteiger partial charge is 0.378 e.